The Kier molecular flexibility index (Phi) is 7.23. The number of benzene rings is 1. The van der Waals surface area contributed by atoms with E-state index in [1.165, 1.54) is 45.2 Å². The van der Waals surface area contributed by atoms with E-state index < -0.39 is 37.0 Å². The van der Waals surface area contributed by atoms with Gasteiger partial charge in [-0.1, -0.05) is 0 Å². The van der Waals surface area contributed by atoms with Crippen LogP contribution in [0.3, 0.4) is 0 Å². The van der Waals surface area contributed by atoms with Crippen LogP contribution in [0.15, 0.2) is 12.1 Å². The van der Waals surface area contributed by atoms with Crippen molar-refractivity contribution in [3.8, 4) is 5.75 Å². The highest BCUT2D eigenvalue weighted by atomic mass is 127. The molecule has 0 spiro atoms. The number of halogens is 8. The van der Waals surface area contributed by atoms with E-state index in [0.29, 0.717) is 7.11 Å². The fourth-order valence-corrected chi connectivity index (χ4v) is 3.69. The van der Waals surface area contributed by atoms with Crippen molar-refractivity contribution in [2.75, 3.05) is 20.3 Å². The molecule has 0 bridgehead atoms. The number of carboxylic acid groups (broad SMARTS) is 1. The molecular formula is C13H9F6I2O4-. The maximum Gasteiger partial charge on any atom is 0.377 e. The van der Waals surface area contributed by atoms with E-state index >= 15 is 0 Å². The highest BCUT2D eigenvalue weighted by molar-refractivity contribution is 14.1. The van der Waals surface area contributed by atoms with E-state index in [1.54, 1.807) is 0 Å². The molecule has 4 nitrogen and oxygen atoms in total. The number of ether oxygens (including phenoxy) is 2. The average molecular weight is 597 g/mol. The van der Waals surface area contributed by atoms with Gasteiger partial charge in [0.1, 0.15) is 12.4 Å². The molecule has 0 aliphatic rings. The van der Waals surface area contributed by atoms with Crippen molar-refractivity contribution in [1.82, 2.24) is 0 Å². The minimum Gasteiger partial charge on any atom is -0.545 e. The van der Waals surface area contributed by atoms with Gasteiger partial charge in [0, 0.05) is 7.11 Å². The number of methoxy groups -OCH3 is 1. The van der Waals surface area contributed by atoms with Gasteiger partial charge in [-0.15, -0.1) is 0 Å². The summed E-state index contributed by atoms with van der Waals surface area (Å²) in [6, 6.07) is 2.01. The van der Waals surface area contributed by atoms with Crippen molar-refractivity contribution < 1.29 is 45.7 Å². The van der Waals surface area contributed by atoms with Gasteiger partial charge in [-0.2, -0.15) is 26.3 Å². The van der Waals surface area contributed by atoms with Crippen LogP contribution in [0, 0.1) is 7.14 Å². The van der Waals surface area contributed by atoms with Crippen molar-refractivity contribution in [3.05, 3.63) is 24.8 Å². The third-order valence-electron chi connectivity index (χ3n) is 2.88. The van der Waals surface area contributed by atoms with Gasteiger partial charge in [0.05, 0.1) is 13.1 Å². The van der Waals surface area contributed by atoms with E-state index in [-0.39, 0.29) is 18.5 Å². The lowest BCUT2D eigenvalue weighted by Crippen LogP contribution is -2.58. The Morgan fingerprint density at radius 3 is 1.88 bits per heavy atom. The summed E-state index contributed by atoms with van der Waals surface area (Å²) < 4.78 is 89.2. The number of hydrogen-bond acceptors (Lipinski definition) is 4. The zero-order valence-corrected chi connectivity index (χ0v) is 16.5. The summed E-state index contributed by atoms with van der Waals surface area (Å²) in [6.45, 7) is -3.94. The van der Waals surface area contributed by atoms with E-state index in [4.69, 9.17) is 0 Å². The third-order valence-corrected chi connectivity index (χ3v) is 4.48. The number of alkyl halides is 6. The molecule has 1 rings (SSSR count). The molecule has 142 valence electrons. The molecule has 0 unspecified atom stereocenters. The Balaban J connectivity index is 3.05. The van der Waals surface area contributed by atoms with Crippen LogP contribution in [-0.4, -0.2) is 44.1 Å². The summed E-state index contributed by atoms with van der Waals surface area (Å²) in [4.78, 5) is 10.8. The molecular weight excluding hydrogens is 588 g/mol. The molecule has 0 N–H and O–H groups in total. The Morgan fingerprint density at radius 2 is 1.48 bits per heavy atom. The molecule has 0 fully saturated rings. The van der Waals surface area contributed by atoms with Crippen molar-refractivity contribution in [2.24, 2.45) is 0 Å². The summed E-state index contributed by atoms with van der Waals surface area (Å²) >= 11 is 3.05. The first-order chi connectivity index (χ1) is 11.3. The van der Waals surface area contributed by atoms with Crippen molar-refractivity contribution >= 4 is 51.2 Å². The normalized spacial score (nSPS) is 13.0. The second kappa shape index (κ2) is 8.02. The molecule has 0 aromatic heterocycles. The molecule has 0 amide bonds. The molecule has 1 aromatic carbocycles. The highest BCUT2D eigenvalue weighted by Crippen LogP contribution is 2.46. The standard InChI is InChI=1S/C13H10F6I2O4/c1-24-4-11(14,15)13(18,19)12(16,17)5-25-9-7(20)2-6(10(22)23)3-8(9)21/h2-3H,4-5H2,1H3,(H,22,23)/p-1. The summed E-state index contributed by atoms with van der Waals surface area (Å²) in [7, 11) is 0.669. The Hall–Kier alpha value is -0.510. The average Bonchev–Trinajstić information content (AvgIpc) is 2.45. The Labute approximate surface area is 165 Å². The van der Waals surface area contributed by atoms with Crippen LogP contribution in [0.1, 0.15) is 10.4 Å². The van der Waals surface area contributed by atoms with Crippen LogP contribution in [0.2, 0.25) is 0 Å². The van der Waals surface area contributed by atoms with Gasteiger partial charge in [0.2, 0.25) is 0 Å². The fraction of sp³-hybridized carbons (Fsp3) is 0.462. The lowest BCUT2D eigenvalue weighted by atomic mass is 10.1. The molecule has 0 radical (unpaired) electrons. The second-order valence-electron chi connectivity index (χ2n) is 4.76. The van der Waals surface area contributed by atoms with Crippen LogP contribution >= 0.6 is 45.2 Å². The lowest BCUT2D eigenvalue weighted by Gasteiger charge is -2.32. The number of aromatic carboxylic acids is 1. The van der Waals surface area contributed by atoms with Gasteiger partial charge in [-0.25, -0.2) is 0 Å². The van der Waals surface area contributed by atoms with Gasteiger partial charge >= 0.3 is 17.8 Å². The largest absolute Gasteiger partial charge is 0.545 e. The van der Waals surface area contributed by atoms with Crippen molar-refractivity contribution in [2.45, 2.75) is 17.8 Å². The molecule has 1 aromatic rings. The molecule has 0 aliphatic carbocycles. The minimum absolute atomic E-state index is 0.00599. The first kappa shape index (κ1) is 22.5. The molecule has 0 heterocycles. The van der Waals surface area contributed by atoms with Gasteiger partial charge in [-0.3, -0.25) is 0 Å². The van der Waals surface area contributed by atoms with Crippen LogP contribution < -0.4 is 9.84 Å². The van der Waals surface area contributed by atoms with Crippen LogP contribution in [0.5, 0.6) is 5.75 Å². The number of rotatable bonds is 8. The van der Waals surface area contributed by atoms with E-state index in [1.807, 2.05) is 0 Å². The zero-order valence-electron chi connectivity index (χ0n) is 12.2. The molecule has 12 heteroatoms. The molecule has 25 heavy (non-hydrogen) atoms. The summed E-state index contributed by atoms with van der Waals surface area (Å²) in [5.74, 6) is -17.9. The van der Waals surface area contributed by atoms with Crippen molar-refractivity contribution in [1.29, 1.82) is 0 Å². The number of carboxylic acids is 1. The van der Waals surface area contributed by atoms with E-state index in [0.717, 1.165) is 12.1 Å². The van der Waals surface area contributed by atoms with Crippen molar-refractivity contribution in [3.63, 3.8) is 0 Å². The lowest BCUT2D eigenvalue weighted by molar-refractivity contribution is -0.323. The molecule has 0 saturated carbocycles. The zero-order chi connectivity index (χ0) is 19.6. The Bertz CT molecular complexity index is 630. The predicted octanol–water partition coefficient (Wildman–Crippen LogP) is 3.19. The van der Waals surface area contributed by atoms with E-state index in [9.17, 15) is 36.2 Å². The molecule has 0 saturated heterocycles. The maximum absolute atomic E-state index is 13.7. The van der Waals surface area contributed by atoms with E-state index in [2.05, 4.69) is 9.47 Å². The fourth-order valence-electron chi connectivity index (χ4n) is 1.61. The number of hydrogen-bond donors (Lipinski definition) is 0. The number of carbonyl (C=O) groups is 1. The third kappa shape index (κ3) is 4.81. The maximum atomic E-state index is 13.7. The summed E-state index contributed by atoms with van der Waals surface area (Å²) in [5, 5.41) is 10.8. The van der Waals surface area contributed by atoms with Gasteiger partial charge in [0.25, 0.3) is 0 Å². The quantitative estimate of drug-likeness (QED) is 0.342. The topological polar surface area (TPSA) is 58.6 Å². The second-order valence-corrected chi connectivity index (χ2v) is 7.09. The van der Waals surface area contributed by atoms with Gasteiger partial charge in [0.15, 0.2) is 6.61 Å². The predicted molar refractivity (Wildman–Crippen MR) is 88.4 cm³/mol. The van der Waals surface area contributed by atoms with Crippen LogP contribution in [0.25, 0.3) is 0 Å². The summed E-state index contributed by atoms with van der Waals surface area (Å²) in [6.07, 6.45) is 0. The van der Waals surface area contributed by atoms with Gasteiger partial charge < -0.3 is 19.4 Å². The SMILES string of the molecule is COCC(F)(F)C(F)(F)C(F)(F)COc1c(I)cc(C(=O)[O-])cc1I. The number of carbonyl (C=O) groups excluding carboxylic acids is 1. The van der Waals surface area contributed by atoms with Crippen LogP contribution in [-0.2, 0) is 4.74 Å². The Morgan fingerprint density at radius 1 is 1.04 bits per heavy atom. The monoisotopic (exact) mass is 597 g/mol. The van der Waals surface area contributed by atoms with Crippen LogP contribution in [0.4, 0.5) is 26.3 Å². The first-order valence-electron chi connectivity index (χ1n) is 6.22. The van der Waals surface area contributed by atoms with Gasteiger partial charge in [-0.05, 0) is 62.9 Å². The molecule has 0 aliphatic heterocycles. The highest BCUT2D eigenvalue weighted by Gasteiger charge is 2.71. The summed E-state index contributed by atoms with van der Waals surface area (Å²) in [5.41, 5.74) is -0.287. The molecule has 0 atom stereocenters. The smallest absolute Gasteiger partial charge is 0.377 e. The first-order valence-corrected chi connectivity index (χ1v) is 8.38. The minimum atomic E-state index is -5.72.